The van der Waals surface area contributed by atoms with Gasteiger partial charge < -0.3 is 18.6 Å². The minimum Gasteiger partial charge on any atom is -0.472 e. The number of benzene rings is 1. The lowest BCUT2D eigenvalue weighted by Gasteiger charge is -2.32. The number of imidazole rings is 1. The lowest BCUT2D eigenvalue weighted by atomic mass is 10.1. The monoisotopic (exact) mass is 677 g/mol. The Morgan fingerprint density at radius 3 is 2.51 bits per heavy atom. The van der Waals surface area contributed by atoms with Crippen molar-refractivity contribution in [2.24, 2.45) is 0 Å². The second-order valence-electron chi connectivity index (χ2n) is 11.2. The van der Waals surface area contributed by atoms with Crippen molar-refractivity contribution in [2.45, 2.75) is 57.2 Å². The van der Waals surface area contributed by atoms with Gasteiger partial charge in [0.1, 0.15) is 34.8 Å². The quantitative estimate of drug-likeness (QED) is 0.195. The van der Waals surface area contributed by atoms with Crippen LogP contribution in [0, 0.1) is 11.6 Å². The van der Waals surface area contributed by atoms with Crippen molar-refractivity contribution in [3.05, 3.63) is 70.2 Å². The predicted molar refractivity (Wildman–Crippen MR) is 153 cm³/mol. The van der Waals surface area contributed by atoms with E-state index >= 15 is 0 Å². The molecule has 0 radical (unpaired) electrons. The van der Waals surface area contributed by atoms with Gasteiger partial charge in [-0.1, -0.05) is 22.8 Å². The van der Waals surface area contributed by atoms with Gasteiger partial charge in [0.15, 0.2) is 5.65 Å². The van der Waals surface area contributed by atoms with E-state index < -0.39 is 23.7 Å². The Morgan fingerprint density at radius 1 is 1.00 bits per heavy atom. The first-order valence-electron chi connectivity index (χ1n) is 14.7. The van der Waals surface area contributed by atoms with Gasteiger partial charge in [-0.25, -0.2) is 14.4 Å². The average molecular weight is 678 g/mol. The Bertz CT molecular complexity index is 1910. The molecule has 0 N–H and O–H groups in total. The van der Waals surface area contributed by atoms with Crippen LogP contribution in [0.4, 0.5) is 22.0 Å². The minimum absolute atomic E-state index is 0.00998. The zero-order valence-electron chi connectivity index (χ0n) is 24.4. The summed E-state index contributed by atoms with van der Waals surface area (Å²) in [6.45, 7) is 2.77. The van der Waals surface area contributed by atoms with E-state index in [-0.39, 0.29) is 46.9 Å². The molecule has 18 heteroatoms. The molecule has 47 heavy (non-hydrogen) atoms. The molecule has 1 atom stereocenters. The summed E-state index contributed by atoms with van der Waals surface area (Å²) in [5.74, 6) is -2.36. The van der Waals surface area contributed by atoms with Gasteiger partial charge in [0.05, 0.1) is 25.4 Å². The van der Waals surface area contributed by atoms with Crippen LogP contribution in [0.2, 0.25) is 5.02 Å². The van der Waals surface area contributed by atoms with E-state index in [0.29, 0.717) is 68.2 Å². The Balaban J connectivity index is 1.03. The predicted octanol–water partition coefficient (Wildman–Crippen LogP) is 5.04. The number of fused-ring (bicyclic) bond motifs is 1. The molecule has 0 amide bonds. The van der Waals surface area contributed by atoms with Crippen molar-refractivity contribution in [3.8, 4) is 17.4 Å². The van der Waals surface area contributed by atoms with Crippen LogP contribution in [0.25, 0.3) is 22.7 Å². The third-order valence-electron chi connectivity index (χ3n) is 7.95. The highest BCUT2D eigenvalue weighted by Gasteiger charge is 2.39. The zero-order valence-corrected chi connectivity index (χ0v) is 25.2. The molecule has 0 aliphatic carbocycles. The molecule has 1 aromatic carbocycles. The van der Waals surface area contributed by atoms with Crippen LogP contribution in [0.1, 0.15) is 42.4 Å². The normalized spacial score (nSPS) is 17.7. The number of alkyl halides is 3. The summed E-state index contributed by atoms with van der Waals surface area (Å²) < 4.78 is 85.5. The maximum absolute atomic E-state index is 14.6. The van der Waals surface area contributed by atoms with Gasteiger partial charge >= 0.3 is 12.1 Å². The molecule has 246 valence electrons. The summed E-state index contributed by atoms with van der Waals surface area (Å²) in [4.78, 5) is 18.5. The van der Waals surface area contributed by atoms with Gasteiger partial charge in [0.2, 0.25) is 11.6 Å². The molecule has 0 bridgehead atoms. The molecule has 0 spiro atoms. The fraction of sp³-hybridized carbons (Fsp3) is 0.414. The van der Waals surface area contributed by atoms with Crippen molar-refractivity contribution in [3.63, 3.8) is 0 Å². The largest absolute Gasteiger partial charge is 0.472 e. The van der Waals surface area contributed by atoms with Crippen LogP contribution in [0.5, 0.6) is 5.88 Å². The summed E-state index contributed by atoms with van der Waals surface area (Å²) in [6.07, 6.45) is -2.07. The Kier molecular flexibility index (Phi) is 8.44. The zero-order chi connectivity index (χ0) is 32.7. The molecule has 0 saturated carbocycles. The topological polar surface area (TPSA) is 130 Å². The highest BCUT2D eigenvalue weighted by molar-refractivity contribution is 6.30. The Hall–Kier alpha value is -4.35. The summed E-state index contributed by atoms with van der Waals surface area (Å²) in [6, 6.07) is 5.75. The van der Waals surface area contributed by atoms with E-state index in [1.54, 1.807) is 6.07 Å². The summed E-state index contributed by atoms with van der Waals surface area (Å²) in [5.41, 5.74) is 1.17. The smallest absolute Gasteiger partial charge is 0.471 e. The third kappa shape index (κ3) is 6.87. The second-order valence-corrected chi connectivity index (χ2v) is 11.7. The van der Waals surface area contributed by atoms with Crippen LogP contribution in [-0.4, -0.2) is 76.7 Å². The summed E-state index contributed by atoms with van der Waals surface area (Å²) in [7, 11) is 0. The standard InChI is InChI=1S/C29H25ClF5N9O3/c30-16-2-1-15(19(31)10-16)9-23-36-12-20(32)27(38-23)46-17-3-6-43(7-4-17)14-24-37-22-11-21(25-39-28(47-42-25)29(33,34)35)40-41-26(22)44(24)13-18-5-8-45-18/h1-2,10-12,17-18H,3-9,13-14H2. The summed E-state index contributed by atoms with van der Waals surface area (Å²) >= 11 is 5.83. The number of piperidine rings is 1. The number of likely N-dealkylation sites (tertiary alicyclic amines) is 1. The Morgan fingerprint density at radius 2 is 1.81 bits per heavy atom. The SMILES string of the molecule is Fc1cc(Cl)ccc1Cc1ncc(F)c(OC2CCN(Cc3nc4cc(-c5noc(C(F)(F)F)n5)nnc4n3CC3CCO3)CC2)n1. The maximum Gasteiger partial charge on any atom is 0.471 e. The average Bonchev–Trinajstić information content (AvgIpc) is 3.64. The number of hydrogen-bond donors (Lipinski definition) is 0. The lowest BCUT2D eigenvalue weighted by Crippen LogP contribution is -2.39. The number of hydrogen-bond acceptors (Lipinski definition) is 11. The molecular formula is C29H25ClF5N9O3. The molecule has 5 aromatic rings. The lowest BCUT2D eigenvalue weighted by molar-refractivity contribution is -0.159. The van der Waals surface area contributed by atoms with E-state index in [2.05, 4.69) is 39.7 Å². The molecule has 2 aliphatic heterocycles. The number of ether oxygens (including phenoxy) is 2. The van der Waals surface area contributed by atoms with Gasteiger partial charge in [-0.3, -0.25) is 4.90 Å². The van der Waals surface area contributed by atoms with Crippen molar-refractivity contribution < 1.29 is 35.9 Å². The molecule has 6 heterocycles. The fourth-order valence-electron chi connectivity index (χ4n) is 5.40. The van der Waals surface area contributed by atoms with Gasteiger partial charge in [-0.15, -0.1) is 10.2 Å². The van der Waals surface area contributed by atoms with E-state index in [9.17, 15) is 22.0 Å². The summed E-state index contributed by atoms with van der Waals surface area (Å²) in [5, 5.41) is 11.9. The van der Waals surface area contributed by atoms with Crippen LogP contribution in [0.3, 0.4) is 0 Å². The van der Waals surface area contributed by atoms with Crippen molar-refractivity contribution in [1.29, 1.82) is 0 Å². The fourth-order valence-corrected chi connectivity index (χ4v) is 5.56. The first kappa shape index (κ1) is 31.3. The van der Waals surface area contributed by atoms with E-state index in [4.69, 9.17) is 26.1 Å². The van der Waals surface area contributed by atoms with E-state index in [1.807, 2.05) is 4.57 Å². The molecule has 7 rings (SSSR count). The first-order valence-corrected chi connectivity index (χ1v) is 15.1. The van der Waals surface area contributed by atoms with E-state index in [1.165, 1.54) is 18.2 Å². The van der Waals surface area contributed by atoms with Crippen LogP contribution in [-0.2, 0) is 30.4 Å². The van der Waals surface area contributed by atoms with Gasteiger partial charge in [0.25, 0.3) is 5.88 Å². The molecule has 2 aliphatic rings. The highest BCUT2D eigenvalue weighted by atomic mass is 35.5. The van der Waals surface area contributed by atoms with Gasteiger partial charge in [-0.05, 0) is 43.0 Å². The van der Waals surface area contributed by atoms with Crippen LogP contribution >= 0.6 is 11.6 Å². The molecule has 2 saturated heterocycles. The van der Waals surface area contributed by atoms with Crippen molar-refractivity contribution in [1.82, 2.24) is 44.8 Å². The molecule has 1 unspecified atom stereocenters. The molecule has 12 nitrogen and oxygen atoms in total. The molecular weight excluding hydrogens is 653 g/mol. The van der Waals surface area contributed by atoms with Crippen LogP contribution in [0.15, 0.2) is 35.0 Å². The second kappa shape index (κ2) is 12.7. The van der Waals surface area contributed by atoms with E-state index in [0.717, 1.165) is 12.6 Å². The minimum atomic E-state index is -4.79. The third-order valence-corrected chi connectivity index (χ3v) is 8.19. The number of aromatic nitrogens is 8. The van der Waals surface area contributed by atoms with Crippen molar-refractivity contribution >= 4 is 22.8 Å². The first-order chi connectivity index (χ1) is 22.6. The number of halogens is 6. The maximum atomic E-state index is 14.6. The molecule has 4 aromatic heterocycles. The molecule has 2 fully saturated rings. The highest BCUT2D eigenvalue weighted by Crippen LogP contribution is 2.30. The van der Waals surface area contributed by atoms with Crippen molar-refractivity contribution in [2.75, 3.05) is 19.7 Å². The Labute approximate surface area is 267 Å². The van der Waals surface area contributed by atoms with Gasteiger partial charge in [-0.2, -0.15) is 27.5 Å². The number of nitrogens with zero attached hydrogens (tertiary/aromatic N) is 9. The van der Waals surface area contributed by atoms with Gasteiger partial charge in [0, 0.05) is 31.1 Å². The van der Waals surface area contributed by atoms with Crippen LogP contribution < -0.4 is 4.74 Å². The number of rotatable bonds is 9.